The monoisotopic (exact) mass is 428 g/mol. The number of nitrogens with zero attached hydrogens (tertiary/aromatic N) is 2. The summed E-state index contributed by atoms with van der Waals surface area (Å²) in [6.45, 7) is 3.17. The lowest BCUT2D eigenvalue weighted by Crippen LogP contribution is -2.35. The smallest absolute Gasteiger partial charge is 0.244 e. The van der Waals surface area contributed by atoms with E-state index in [0.29, 0.717) is 18.9 Å². The van der Waals surface area contributed by atoms with Gasteiger partial charge in [-0.2, -0.15) is 4.31 Å². The van der Waals surface area contributed by atoms with Gasteiger partial charge in [-0.15, -0.1) is 0 Å². The summed E-state index contributed by atoms with van der Waals surface area (Å²) in [7, 11) is -3.47. The number of sulfonamides is 1. The van der Waals surface area contributed by atoms with Gasteiger partial charge in [-0.05, 0) is 62.4 Å². The summed E-state index contributed by atoms with van der Waals surface area (Å²) >= 11 is 0. The average Bonchev–Trinajstić information content (AvgIpc) is 3.61. The van der Waals surface area contributed by atoms with E-state index in [2.05, 4.69) is 15.6 Å². The Balaban J connectivity index is 1.37. The van der Waals surface area contributed by atoms with E-state index in [0.717, 1.165) is 43.4 Å². The molecule has 2 aromatic rings. The fourth-order valence-electron chi connectivity index (χ4n) is 3.62. The van der Waals surface area contributed by atoms with Gasteiger partial charge < -0.3 is 10.6 Å². The molecule has 1 aromatic carbocycles. The average molecular weight is 429 g/mol. The van der Waals surface area contributed by atoms with Gasteiger partial charge in [0.25, 0.3) is 0 Å². The van der Waals surface area contributed by atoms with Crippen LogP contribution in [0.5, 0.6) is 0 Å². The van der Waals surface area contributed by atoms with Crippen molar-refractivity contribution in [3.05, 3.63) is 48.2 Å². The second kappa shape index (κ2) is 8.73. The van der Waals surface area contributed by atoms with E-state index in [-0.39, 0.29) is 22.8 Å². The minimum atomic E-state index is -3.47. The summed E-state index contributed by atoms with van der Waals surface area (Å²) < 4.78 is 27.0. The number of carbonyl (C=O) groups is 1. The molecule has 0 bridgehead atoms. The summed E-state index contributed by atoms with van der Waals surface area (Å²) in [4.78, 5) is 16.4. The van der Waals surface area contributed by atoms with E-state index in [1.807, 2.05) is 31.2 Å². The number of benzene rings is 1. The van der Waals surface area contributed by atoms with Gasteiger partial charge in [0.05, 0.1) is 0 Å². The quantitative estimate of drug-likeness (QED) is 0.700. The van der Waals surface area contributed by atoms with Crippen molar-refractivity contribution >= 4 is 27.4 Å². The molecule has 0 radical (unpaired) electrons. The van der Waals surface area contributed by atoms with Gasteiger partial charge in [0.15, 0.2) is 0 Å². The zero-order valence-electron chi connectivity index (χ0n) is 17.2. The Morgan fingerprint density at radius 3 is 2.37 bits per heavy atom. The fraction of sp³-hybridized carbons (Fsp3) is 0.455. The van der Waals surface area contributed by atoms with E-state index in [1.54, 1.807) is 16.4 Å². The first-order valence-corrected chi connectivity index (χ1v) is 12.0. The number of hydrogen-bond acceptors (Lipinski definition) is 5. The zero-order chi connectivity index (χ0) is 21.1. The van der Waals surface area contributed by atoms with Crippen LogP contribution in [0, 0.1) is 5.92 Å². The first-order valence-electron chi connectivity index (χ1n) is 10.6. The van der Waals surface area contributed by atoms with Crippen molar-refractivity contribution in [1.29, 1.82) is 0 Å². The third-order valence-corrected chi connectivity index (χ3v) is 7.56. The molecule has 0 spiro atoms. The Morgan fingerprint density at radius 2 is 1.77 bits per heavy atom. The van der Waals surface area contributed by atoms with Gasteiger partial charge >= 0.3 is 0 Å². The minimum absolute atomic E-state index is 0.0183. The highest BCUT2D eigenvalue weighted by atomic mass is 32.2. The normalized spacial score (nSPS) is 18.6. The molecule has 2 aliphatic rings. The number of carbonyl (C=O) groups excluding carboxylic acids is 1. The highest BCUT2D eigenvalue weighted by molar-refractivity contribution is 7.89. The molecule has 4 rings (SSSR count). The largest absolute Gasteiger partial charge is 0.364 e. The van der Waals surface area contributed by atoms with Crippen LogP contribution in [0.15, 0.2) is 47.5 Å². The Hall–Kier alpha value is -2.45. The Labute approximate surface area is 177 Å². The molecule has 1 saturated heterocycles. The molecule has 1 saturated carbocycles. The Morgan fingerprint density at radius 1 is 1.07 bits per heavy atom. The van der Waals surface area contributed by atoms with Crippen molar-refractivity contribution in [2.45, 2.75) is 50.0 Å². The first kappa shape index (κ1) is 20.8. The van der Waals surface area contributed by atoms with Gasteiger partial charge in [0, 0.05) is 36.9 Å². The fourth-order valence-corrected chi connectivity index (χ4v) is 5.09. The molecule has 1 atom stereocenters. The summed E-state index contributed by atoms with van der Waals surface area (Å²) in [5.74, 6) is 0.891. The van der Waals surface area contributed by atoms with Crippen molar-refractivity contribution in [3.8, 4) is 0 Å². The number of hydrogen-bond donors (Lipinski definition) is 2. The number of rotatable bonds is 7. The second-order valence-corrected chi connectivity index (χ2v) is 10.0. The van der Waals surface area contributed by atoms with Crippen LogP contribution in [-0.4, -0.2) is 36.7 Å². The van der Waals surface area contributed by atoms with Crippen LogP contribution in [0.2, 0.25) is 0 Å². The molecule has 1 aliphatic heterocycles. The van der Waals surface area contributed by atoms with Crippen LogP contribution < -0.4 is 10.6 Å². The van der Waals surface area contributed by atoms with Gasteiger partial charge in [0.2, 0.25) is 15.9 Å². The summed E-state index contributed by atoms with van der Waals surface area (Å²) in [5.41, 5.74) is 1.85. The molecule has 30 heavy (non-hydrogen) atoms. The number of pyridine rings is 1. The number of amides is 1. The predicted octanol–water partition coefficient (Wildman–Crippen LogP) is 3.78. The van der Waals surface area contributed by atoms with E-state index in [1.165, 1.54) is 6.20 Å². The van der Waals surface area contributed by atoms with Crippen LogP contribution >= 0.6 is 0 Å². The number of piperidine rings is 1. The van der Waals surface area contributed by atoms with E-state index < -0.39 is 10.0 Å². The predicted molar refractivity (Wildman–Crippen MR) is 117 cm³/mol. The Bertz CT molecular complexity index is 980. The van der Waals surface area contributed by atoms with Crippen molar-refractivity contribution in [2.24, 2.45) is 5.92 Å². The highest BCUT2D eigenvalue weighted by Crippen LogP contribution is 2.30. The number of nitrogens with one attached hydrogen (secondary N) is 2. The lowest BCUT2D eigenvalue weighted by molar-refractivity contribution is -0.117. The molecule has 2 heterocycles. The molecular formula is C22H28N4O3S. The van der Waals surface area contributed by atoms with Gasteiger partial charge in [-0.3, -0.25) is 4.79 Å². The maximum absolute atomic E-state index is 12.7. The minimum Gasteiger partial charge on any atom is -0.364 e. The van der Waals surface area contributed by atoms with E-state index in [4.69, 9.17) is 0 Å². The molecule has 1 aliphatic carbocycles. The van der Waals surface area contributed by atoms with Gasteiger partial charge in [0.1, 0.15) is 10.7 Å². The lowest BCUT2D eigenvalue weighted by Gasteiger charge is -2.25. The Kier molecular flexibility index (Phi) is 6.06. The standard InChI is InChI=1S/C22H28N4O3S/c1-16(17-7-9-19(10-8-17)25-22(27)18-5-6-18)24-21-12-11-20(15-23-21)30(28,29)26-13-3-2-4-14-26/h7-12,15-16,18H,2-6,13-14H2,1H3,(H,23,24)(H,25,27). The summed E-state index contributed by atoms with van der Waals surface area (Å²) in [5, 5.41) is 6.23. The van der Waals surface area contributed by atoms with E-state index >= 15 is 0 Å². The maximum Gasteiger partial charge on any atom is 0.244 e. The number of anilines is 2. The first-order chi connectivity index (χ1) is 14.4. The second-order valence-electron chi connectivity index (χ2n) is 8.10. The molecule has 1 aromatic heterocycles. The maximum atomic E-state index is 12.7. The van der Waals surface area contributed by atoms with Crippen molar-refractivity contribution in [3.63, 3.8) is 0 Å². The third kappa shape index (κ3) is 4.82. The molecule has 1 unspecified atom stereocenters. The molecule has 7 nitrogen and oxygen atoms in total. The molecule has 1 amide bonds. The van der Waals surface area contributed by atoms with Crippen molar-refractivity contribution < 1.29 is 13.2 Å². The SMILES string of the molecule is CC(Nc1ccc(S(=O)(=O)N2CCCCC2)cn1)c1ccc(NC(=O)C2CC2)cc1. The molecule has 2 N–H and O–H groups in total. The van der Waals surface area contributed by atoms with Crippen LogP contribution in [0.25, 0.3) is 0 Å². The van der Waals surface area contributed by atoms with Gasteiger partial charge in [-0.25, -0.2) is 13.4 Å². The van der Waals surface area contributed by atoms with Crippen LogP contribution in [0.3, 0.4) is 0 Å². The van der Waals surface area contributed by atoms with Crippen molar-refractivity contribution in [2.75, 3.05) is 23.7 Å². The summed E-state index contributed by atoms with van der Waals surface area (Å²) in [6.07, 6.45) is 6.29. The third-order valence-electron chi connectivity index (χ3n) is 5.68. The highest BCUT2D eigenvalue weighted by Gasteiger charge is 2.29. The van der Waals surface area contributed by atoms with E-state index in [9.17, 15) is 13.2 Å². The number of aromatic nitrogens is 1. The molecular weight excluding hydrogens is 400 g/mol. The summed E-state index contributed by atoms with van der Waals surface area (Å²) in [6, 6.07) is 11.0. The van der Waals surface area contributed by atoms with Crippen LogP contribution in [0.4, 0.5) is 11.5 Å². The molecule has 160 valence electrons. The zero-order valence-corrected chi connectivity index (χ0v) is 18.0. The topological polar surface area (TPSA) is 91.4 Å². The molecule has 8 heteroatoms. The van der Waals surface area contributed by atoms with Crippen molar-refractivity contribution in [1.82, 2.24) is 9.29 Å². The lowest BCUT2D eigenvalue weighted by atomic mass is 10.1. The van der Waals surface area contributed by atoms with Gasteiger partial charge in [-0.1, -0.05) is 18.6 Å². The van der Waals surface area contributed by atoms with Crippen LogP contribution in [0.1, 0.15) is 50.6 Å². The van der Waals surface area contributed by atoms with Crippen LogP contribution in [-0.2, 0) is 14.8 Å². The molecule has 2 fully saturated rings.